The Balaban J connectivity index is 1.69. The maximum absolute atomic E-state index is 4.98. The number of nitrogens with zero attached hydrogens (tertiary/aromatic N) is 2. The fraction of sp³-hybridized carbons (Fsp3) is 0.333. The molecular weight excluding hydrogens is 202 g/mol. The molecule has 0 saturated carbocycles. The minimum absolute atomic E-state index is 0.740. The molecule has 2 aromatic heterocycles. The summed E-state index contributed by atoms with van der Waals surface area (Å²) in [6.07, 6.45) is 2.74. The van der Waals surface area contributed by atoms with Gasteiger partial charge in [-0.1, -0.05) is 11.2 Å². The molecule has 2 heterocycles. The fourth-order valence-corrected chi connectivity index (χ4v) is 1.48. The molecule has 0 unspecified atom stereocenters. The minimum atomic E-state index is 0.740. The quantitative estimate of drug-likeness (QED) is 0.775. The van der Waals surface area contributed by atoms with Crippen LogP contribution in [0.25, 0.3) is 0 Å². The van der Waals surface area contributed by atoms with Gasteiger partial charge in [-0.3, -0.25) is 4.98 Å². The third kappa shape index (κ3) is 3.17. The standard InChI is InChI=1S/C12H15N3O/c1-10-8-12(15-16-10)9-13-7-5-11-4-2-3-6-14-11/h2-4,6,8,13H,5,7,9H2,1H3. The van der Waals surface area contributed by atoms with Crippen LogP contribution in [-0.4, -0.2) is 16.7 Å². The number of aryl methyl sites for hydroxylation is 1. The van der Waals surface area contributed by atoms with Crippen LogP contribution >= 0.6 is 0 Å². The zero-order valence-electron chi connectivity index (χ0n) is 9.31. The van der Waals surface area contributed by atoms with Crippen LogP contribution in [0.2, 0.25) is 0 Å². The number of hydrogen-bond donors (Lipinski definition) is 1. The van der Waals surface area contributed by atoms with E-state index >= 15 is 0 Å². The van der Waals surface area contributed by atoms with Gasteiger partial charge in [0.1, 0.15) is 5.76 Å². The van der Waals surface area contributed by atoms with Crippen LogP contribution in [0.4, 0.5) is 0 Å². The molecule has 0 aliphatic carbocycles. The first-order valence-corrected chi connectivity index (χ1v) is 5.37. The smallest absolute Gasteiger partial charge is 0.133 e. The SMILES string of the molecule is Cc1cc(CNCCc2ccccn2)no1. The van der Waals surface area contributed by atoms with E-state index in [1.54, 1.807) is 0 Å². The van der Waals surface area contributed by atoms with Gasteiger partial charge in [-0.15, -0.1) is 0 Å². The molecule has 0 saturated heterocycles. The van der Waals surface area contributed by atoms with Crippen molar-refractivity contribution in [1.29, 1.82) is 0 Å². The Morgan fingerprint density at radius 1 is 1.31 bits per heavy atom. The number of pyridine rings is 1. The van der Waals surface area contributed by atoms with Crippen molar-refractivity contribution in [2.75, 3.05) is 6.54 Å². The van der Waals surface area contributed by atoms with Crippen LogP contribution in [-0.2, 0) is 13.0 Å². The van der Waals surface area contributed by atoms with E-state index in [1.807, 2.05) is 37.4 Å². The summed E-state index contributed by atoms with van der Waals surface area (Å²) in [6.45, 7) is 3.53. The highest BCUT2D eigenvalue weighted by atomic mass is 16.5. The summed E-state index contributed by atoms with van der Waals surface area (Å²) in [5, 5.41) is 7.21. The van der Waals surface area contributed by atoms with Crippen molar-refractivity contribution in [3.05, 3.63) is 47.6 Å². The summed E-state index contributed by atoms with van der Waals surface area (Å²) < 4.78 is 4.98. The molecule has 4 nitrogen and oxygen atoms in total. The Morgan fingerprint density at radius 2 is 2.25 bits per heavy atom. The highest BCUT2D eigenvalue weighted by molar-refractivity contribution is 5.05. The van der Waals surface area contributed by atoms with Crippen molar-refractivity contribution in [2.24, 2.45) is 0 Å². The second kappa shape index (κ2) is 5.42. The second-order valence-electron chi connectivity index (χ2n) is 3.68. The highest BCUT2D eigenvalue weighted by Crippen LogP contribution is 2.00. The lowest BCUT2D eigenvalue weighted by Crippen LogP contribution is -2.17. The lowest BCUT2D eigenvalue weighted by atomic mass is 10.2. The molecule has 0 bridgehead atoms. The van der Waals surface area contributed by atoms with E-state index in [0.717, 1.165) is 36.7 Å². The van der Waals surface area contributed by atoms with Gasteiger partial charge in [0.25, 0.3) is 0 Å². The van der Waals surface area contributed by atoms with Crippen LogP contribution in [0.15, 0.2) is 35.0 Å². The molecule has 0 atom stereocenters. The van der Waals surface area contributed by atoms with E-state index in [-0.39, 0.29) is 0 Å². The van der Waals surface area contributed by atoms with Crippen LogP contribution in [0.1, 0.15) is 17.1 Å². The first-order chi connectivity index (χ1) is 7.84. The van der Waals surface area contributed by atoms with Crippen LogP contribution in [0.5, 0.6) is 0 Å². The van der Waals surface area contributed by atoms with E-state index in [2.05, 4.69) is 15.5 Å². The molecule has 4 heteroatoms. The first kappa shape index (κ1) is 10.8. The van der Waals surface area contributed by atoms with Crippen molar-refractivity contribution in [2.45, 2.75) is 19.9 Å². The monoisotopic (exact) mass is 217 g/mol. The second-order valence-corrected chi connectivity index (χ2v) is 3.68. The lowest BCUT2D eigenvalue weighted by Gasteiger charge is -2.01. The number of nitrogens with one attached hydrogen (secondary N) is 1. The molecule has 1 N–H and O–H groups in total. The summed E-state index contributed by atoms with van der Waals surface area (Å²) in [4.78, 5) is 4.25. The molecule has 2 aromatic rings. The third-order valence-corrected chi connectivity index (χ3v) is 2.27. The largest absolute Gasteiger partial charge is 0.361 e. The Bertz CT molecular complexity index is 425. The molecule has 16 heavy (non-hydrogen) atoms. The molecule has 0 radical (unpaired) electrons. The normalized spacial score (nSPS) is 10.6. The Kier molecular flexibility index (Phi) is 3.66. The molecule has 0 aliphatic rings. The molecule has 0 spiro atoms. The number of aromatic nitrogens is 2. The van der Waals surface area contributed by atoms with Gasteiger partial charge in [-0.25, -0.2) is 0 Å². The summed E-state index contributed by atoms with van der Waals surface area (Å²) in [5.74, 6) is 0.849. The van der Waals surface area contributed by atoms with Crippen molar-refractivity contribution in [1.82, 2.24) is 15.5 Å². The van der Waals surface area contributed by atoms with Crippen molar-refractivity contribution in [3.63, 3.8) is 0 Å². The first-order valence-electron chi connectivity index (χ1n) is 5.37. The molecule has 0 aromatic carbocycles. The van der Waals surface area contributed by atoms with Gasteiger partial charge in [-0.05, 0) is 19.1 Å². The van der Waals surface area contributed by atoms with Crippen LogP contribution in [0.3, 0.4) is 0 Å². The van der Waals surface area contributed by atoms with E-state index in [1.165, 1.54) is 0 Å². The van der Waals surface area contributed by atoms with E-state index in [9.17, 15) is 0 Å². The maximum atomic E-state index is 4.98. The van der Waals surface area contributed by atoms with Crippen molar-refractivity contribution in [3.8, 4) is 0 Å². The average Bonchev–Trinajstić information content (AvgIpc) is 2.72. The van der Waals surface area contributed by atoms with Gasteiger partial charge in [0.15, 0.2) is 0 Å². The molecule has 84 valence electrons. The zero-order valence-corrected chi connectivity index (χ0v) is 9.31. The summed E-state index contributed by atoms with van der Waals surface area (Å²) in [5.41, 5.74) is 2.05. The van der Waals surface area contributed by atoms with Gasteiger partial charge in [0.05, 0.1) is 5.69 Å². The Morgan fingerprint density at radius 3 is 2.94 bits per heavy atom. The minimum Gasteiger partial charge on any atom is -0.361 e. The molecule has 0 amide bonds. The summed E-state index contributed by atoms with van der Waals surface area (Å²) in [6, 6.07) is 7.90. The third-order valence-electron chi connectivity index (χ3n) is 2.27. The predicted molar refractivity (Wildman–Crippen MR) is 60.9 cm³/mol. The summed E-state index contributed by atoms with van der Waals surface area (Å²) >= 11 is 0. The van der Waals surface area contributed by atoms with Crippen molar-refractivity contribution >= 4 is 0 Å². The lowest BCUT2D eigenvalue weighted by molar-refractivity contribution is 0.388. The van der Waals surface area contributed by atoms with Gasteiger partial charge >= 0.3 is 0 Å². The van der Waals surface area contributed by atoms with Gasteiger partial charge in [0.2, 0.25) is 0 Å². The summed E-state index contributed by atoms with van der Waals surface area (Å²) in [7, 11) is 0. The van der Waals surface area contributed by atoms with Gasteiger partial charge in [-0.2, -0.15) is 0 Å². The molecular formula is C12H15N3O. The molecule has 2 rings (SSSR count). The maximum Gasteiger partial charge on any atom is 0.133 e. The van der Waals surface area contributed by atoms with Crippen LogP contribution < -0.4 is 5.32 Å². The predicted octanol–water partition coefficient (Wildman–Crippen LogP) is 1.71. The van der Waals surface area contributed by atoms with Crippen LogP contribution in [0, 0.1) is 6.92 Å². The molecule has 0 fully saturated rings. The fourth-order valence-electron chi connectivity index (χ4n) is 1.48. The number of hydrogen-bond acceptors (Lipinski definition) is 4. The average molecular weight is 217 g/mol. The molecule has 0 aliphatic heterocycles. The highest BCUT2D eigenvalue weighted by Gasteiger charge is 1.99. The Hall–Kier alpha value is -1.68. The zero-order chi connectivity index (χ0) is 11.2. The van der Waals surface area contributed by atoms with E-state index < -0.39 is 0 Å². The van der Waals surface area contributed by atoms with Crippen molar-refractivity contribution < 1.29 is 4.52 Å². The van der Waals surface area contributed by atoms with Gasteiger partial charge < -0.3 is 9.84 Å². The van der Waals surface area contributed by atoms with Gasteiger partial charge in [0, 0.05) is 37.5 Å². The number of rotatable bonds is 5. The van der Waals surface area contributed by atoms with E-state index in [4.69, 9.17) is 4.52 Å². The topological polar surface area (TPSA) is 51.0 Å². The Labute approximate surface area is 94.7 Å². The van der Waals surface area contributed by atoms with E-state index in [0.29, 0.717) is 0 Å².